The van der Waals surface area contributed by atoms with E-state index < -0.39 is 7.27 Å². The van der Waals surface area contributed by atoms with E-state index in [9.17, 15) is 0 Å². The van der Waals surface area contributed by atoms with Crippen LogP contribution in [0.3, 0.4) is 0 Å². The Labute approximate surface area is 319 Å². The summed E-state index contributed by atoms with van der Waals surface area (Å²) >= 11 is 7.00. The van der Waals surface area contributed by atoms with Crippen molar-refractivity contribution in [3.8, 4) is 0 Å². The lowest BCUT2D eigenvalue weighted by atomic mass is 10.0. The fraction of sp³-hybridized carbons (Fsp3) is 0.750. The third kappa shape index (κ3) is 25.2. The number of unbranched alkanes of at least 4 members (excludes halogenated alkanes) is 30. The Bertz CT molecular complexity index is 887. The first-order valence-corrected chi connectivity index (χ1v) is 24.6. The molecule has 0 unspecified atom stereocenters. The Balaban J connectivity index is 1.42. The molecule has 0 fully saturated rings. The molecule has 0 saturated heterocycles. The van der Waals surface area contributed by atoms with Crippen molar-refractivity contribution in [2.75, 3.05) is 0 Å². The molecule has 2 rings (SSSR count). The summed E-state index contributed by atoms with van der Waals surface area (Å²) in [4.78, 5) is 0. The van der Waals surface area contributed by atoms with Crippen molar-refractivity contribution in [2.24, 2.45) is 0 Å². The summed E-state index contributed by atoms with van der Waals surface area (Å²) in [6, 6.07) is 18.4. The van der Waals surface area contributed by atoms with E-state index in [-0.39, 0.29) is 0 Å². The molecule has 2 aromatic rings. The molecule has 0 amide bonds. The molecular weight excluding hydrogens is 643 g/mol. The van der Waals surface area contributed by atoms with E-state index in [2.05, 4.69) is 62.4 Å². The van der Waals surface area contributed by atoms with Crippen molar-refractivity contribution < 1.29 is 0 Å². The molecule has 0 aliphatic rings. The SMILES string of the molecule is CCCCCCCCCCCCCCCCCCc1ccc(P(Cl)c2ccc(CCCCCCCCCCCCCCCCCC)cc2)cc1. The molecule has 0 bridgehead atoms. The van der Waals surface area contributed by atoms with Gasteiger partial charge in [0.1, 0.15) is 0 Å². The largest absolute Gasteiger partial charge is 0.0859 e. The quantitative estimate of drug-likeness (QED) is 0.0485. The van der Waals surface area contributed by atoms with E-state index >= 15 is 0 Å². The molecule has 0 heterocycles. The van der Waals surface area contributed by atoms with Gasteiger partial charge < -0.3 is 0 Å². The van der Waals surface area contributed by atoms with Gasteiger partial charge in [-0.1, -0.05) is 266 Å². The lowest BCUT2D eigenvalue weighted by Gasteiger charge is -2.12. The van der Waals surface area contributed by atoms with Gasteiger partial charge in [0.25, 0.3) is 0 Å². The number of halogens is 1. The summed E-state index contributed by atoms with van der Waals surface area (Å²) in [5.74, 6) is 0. The third-order valence-electron chi connectivity index (χ3n) is 11.0. The van der Waals surface area contributed by atoms with Crippen molar-refractivity contribution in [1.29, 1.82) is 0 Å². The van der Waals surface area contributed by atoms with Crippen LogP contribution in [0, 0.1) is 0 Å². The van der Waals surface area contributed by atoms with Gasteiger partial charge in [-0.25, -0.2) is 0 Å². The highest BCUT2D eigenvalue weighted by atomic mass is 35.7. The van der Waals surface area contributed by atoms with Crippen molar-refractivity contribution in [3.63, 3.8) is 0 Å². The maximum atomic E-state index is 7.00. The summed E-state index contributed by atoms with van der Waals surface area (Å²) in [5, 5.41) is 2.56. The lowest BCUT2D eigenvalue weighted by molar-refractivity contribution is 0.529. The molecule has 0 saturated carbocycles. The van der Waals surface area contributed by atoms with Crippen molar-refractivity contribution in [2.45, 2.75) is 232 Å². The van der Waals surface area contributed by atoms with E-state index in [0.29, 0.717) is 0 Å². The van der Waals surface area contributed by atoms with Crippen LogP contribution in [0.5, 0.6) is 0 Å². The van der Waals surface area contributed by atoms with Gasteiger partial charge in [-0.2, -0.15) is 0 Å². The van der Waals surface area contributed by atoms with E-state index in [1.165, 1.54) is 240 Å². The van der Waals surface area contributed by atoms with Crippen LogP contribution >= 0.6 is 18.5 Å². The predicted molar refractivity (Wildman–Crippen MR) is 231 cm³/mol. The van der Waals surface area contributed by atoms with Crippen LogP contribution in [0.4, 0.5) is 0 Å². The lowest BCUT2D eigenvalue weighted by Crippen LogP contribution is -2.08. The van der Waals surface area contributed by atoms with Crippen LogP contribution in [0.25, 0.3) is 0 Å². The maximum absolute atomic E-state index is 7.00. The minimum atomic E-state index is -0.792. The Morgan fingerprint density at radius 2 is 0.500 bits per heavy atom. The molecule has 0 N–H and O–H groups in total. The average molecular weight is 726 g/mol. The Kier molecular flexibility index (Phi) is 30.8. The van der Waals surface area contributed by atoms with Crippen molar-refractivity contribution in [1.82, 2.24) is 0 Å². The normalized spacial score (nSPS) is 11.6. The van der Waals surface area contributed by atoms with Crippen LogP contribution in [-0.2, 0) is 12.8 Å². The minimum Gasteiger partial charge on any atom is -0.0859 e. The van der Waals surface area contributed by atoms with Crippen LogP contribution in [0.1, 0.15) is 230 Å². The Morgan fingerprint density at radius 1 is 0.300 bits per heavy atom. The van der Waals surface area contributed by atoms with Crippen molar-refractivity contribution >= 4 is 29.1 Å². The second kappa shape index (κ2) is 34.0. The first kappa shape index (κ1) is 45.3. The molecular formula is C48H82ClP. The second-order valence-electron chi connectivity index (χ2n) is 15.7. The van der Waals surface area contributed by atoms with Crippen LogP contribution in [0.15, 0.2) is 48.5 Å². The van der Waals surface area contributed by atoms with Gasteiger partial charge in [0.15, 0.2) is 0 Å². The molecule has 0 aliphatic heterocycles. The summed E-state index contributed by atoms with van der Waals surface area (Å²) in [5.41, 5.74) is 2.93. The van der Waals surface area contributed by atoms with Gasteiger partial charge in [0, 0.05) is 0 Å². The molecule has 50 heavy (non-hydrogen) atoms. The zero-order valence-electron chi connectivity index (χ0n) is 33.5. The second-order valence-corrected chi connectivity index (χ2v) is 18.3. The number of hydrogen-bond acceptors (Lipinski definition) is 0. The van der Waals surface area contributed by atoms with Crippen molar-refractivity contribution in [3.05, 3.63) is 59.7 Å². The van der Waals surface area contributed by atoms with E-state index in [0.717, 1.165) is 0 Å². The molecule has 2 heteroatoms. The first-order chi connectivity index (χ1) is 24.7. The standard InChI is InChI=1S/C48H82ClP/c1-3-5-7-9-11-13-15-17-19-21-23-25-27-29-31-33-35-45-37-41-47(42-38-45)50(49)48-43-39-46(40-44-48)36-34-32-30-28-26-24-22-20-18-16-14-12-10-8-6-4-2/h37-44H,3-36H2,1-2H3. The van der Waals surface area contributed by atoms with Gasteiger partial charge in [-0.05, 0) is 47.4 Å². The number of aryl methyl sites for hydroxylation is 2. The fourth-order valence-electron chi connectivity index (χ4n) is 7.49. The Hall–Kier alpha value is -0.840. The maximum Gasteiger partial charge on any atom is 0.0524 e. The number of benzene rings is 2. The topological polar surface area (TPSA) is 0 Å². The highest BCUT2D eigenvalue weighted by molar-refractivity contribution is 7.95. The van der Waals surface area contributed by atoms with Crippen LogP contribution < -0.4 is 10.6 Å². The molecule has 0 radical (unpaired) electrons. The average Bonchev–Trinajstić information content (AvgIpc) is 3.14. The number of hydrogen-bond donors (Lipinski definition) is 0. The monoisotopic (exact) mass is 725 g/mol. The first-order valence-electron chi connectivity index (χ1n) is 22.4. The van der Waals surface area contributed by atoms with Gasteiger partial charge in [0.05, 0.1) is 7.27 Å². The van der Waals surface area contributed by atoms with Crippen LogP contribution in [0.2, 0.25) is 0 Å². The molecule has 0 atom stereocenters. The molecule has 0 aliphatic carbocycles. The zero-order valence-corrected chi connectivity index (χ0v) is 35.1. The Morgan fingerprint density at radius 3 is 0.720 bits per heavy atom. The molecule has 286 valence electrons. The van der Waals surface area contributed by atoms with Gasteiger partial charge in [-0.15, -0.1) is 0 Å². The summed E-state index contributed by atoms with van der Waals surface area (Å²) in [6.07, 6.45) is 48.1. The molecule has 2 aromatic carbocycles. The van der Waals surface area contributed by atoms with Gasteiger partial charge >= 0.3 is 0 Å². The van der Waals surface area contributed by atoms with E-state index in [4.69, 9.17) is 11.2 Å². The fourth-order valence-corrected chi connectivity index (χ4v) is 9.29. The molecule has 0 aromatic heterocycles. The molecule has 0 nitrogen and oxygen atoms in total. The van der Waals surface area contributed by atoms with Gasteiger partial charge in [0.2, 0.25) is 0 Å². The minimum absolute atomic E-state index is 0.792. The summed E-state index contributed by atoms with van der Waals surface area (Å²) < 4.78 is 0. The predicted octanol–water partition coefficient (Wildman–Crippen LogP) is 16.9. The van der Waals surface area contributed by atoms with E-state index in [1.807, 2.05) is 0 Å². The zero-order chi connectivity index (χ0) is 35.6. The molecule has 0 spiro atoms. The van der Waals surface area contributed by atoms with Gasteiger partial charge in [-0.3, -0.25) is 0 Å². The summed E-state index contributed by atoms with van der Waals surface area (Å²) in [7, 11) is -0.792. The van der Waals surface area contributed by atoms with E-state index in [1.54, 1.807) is 0 Å². The number of rotatable bonds is 36. The smallest absolute Gasteiger partial charge is 0.0524 e. The summed E-state index contributed by atoms with van der Waals surface area (Å²) in [6.45, 7) is 4.61. The highest BCUT2D eigenvalue weighted by Crippen LogP contribution is 2.39. The van der Waals surface area contributed by atoms with Crippen LogP contribution in [-0.4, -0.2) is 0 Å². The third-order valence-corrected chi connectivity index (χ3v) is 13.6. The highest BCUT2D eigenvalue weighted by Gasteiger charge is 2.11.